The standard InChI is InChI=1S/C13H12BrClN2OS/c14-11-5-4-8(19-11)6-7-17-13(18)9-2-1-3-10(16)12(9)15/h1-5H,6-7,16H2,(H,17,18). The van der Waals surface area contributed by atoms with E-state index >= 15 is 0 Å². The molecule has 0 aliphatic heterocycles. The van der Waals surface area contributed by atoms with Crippen molar-refractivity contribution in [1.29, 1.82) is 0 Å². The van der Waals surface area contributed by atoms with E-state index in [1.807, 2.05) is 12.1 Å². The van der Waals surface area contributed by atoms with Crippen molar-refractivity contribution in [2.24, 2.45) is 0 Å². The summed E-state index contributed by atoms with van der Waals surface area (Å²) in [6, 6.07) is 9.08. The molecule has 0 saturated heterocycles. The maximum absolute atomic E-state index is 12.0. The second-order valence-corrected chi connectivity index (χ2v) is 6.85. The fraction of sp³-hybridized carbons (Fsp3) is 0.154. The number of nitrogens with one attached hydrogen (secondary N) is 1. The highest BCUT2D eigenvalue weighted by Crippen LogP contribution is 2.23. The number of nitrogens with two attached hydrogens (primary N) is 1. The molecule has 1 heterocycles. The number of carbonyl (C=O) groups excluding carboxylic acids is 1. The minimum Gasteiger partial charge on any atom is -0.398 e. The predicted molar refractivity (Wildman–Crippen MR) is 83.9 cm³/mol. The summed E-state index contributed by atoms with van der Waals surface area (Å²) in [7, 11) is 0. The molecule has 19 heavy (non-hydrogen) atoms. The molecule has 3 nitrogen and oxygen atoms in total. The first kappa shape index (κ1) is 14.4. The van der Waals surface area contributed by atoms with Gasteiger partial charge in [0, 0.05) is 11.4 Å². The van der Waals surface area contributed by atoms with Crippen LogP contribution in [-0.4, -0.2) is 12.5 Å². The molecular weight excluding hydrogens is 348 g/mol. The number of carbonyl (C=O) groups is 1. The van der Waals surface area contributed by atoms with Gasteiger partial charge in [-0.1, -0.05) is 17.7 Å². The van der Waals surface area contributed by atoms with Crippen LogP contribution in [0, 0.1) is 0 Å². The van der Waals surface area contributed by atoms with Gasteiger partial charge >= 0.3 is 0 Å². The molecule has 2 aromatic rings. The van der Waals surface area contributed by atoms with Crippen LogP contribution in [0.1, 0.15) is 15.2 Å². The minimum atomic E-state index is -0.201. The number of benzene rings is 1. The van der Waals surface area contributed by atoms with E-state index in [4.69, 9.17) is 17.3 Å². The van der Waals surface area contributed by atoms with Gasteiger partial charge in [-0.3, -0.25) is 4.79 Å². The highest BCUT2D eigenvalue weighted by atomic mass is 79.9. The summed E-state index contributed by atoms with van der Waals surface area (Å²) in [6.45, 7) is 0.566. The smallest absolute Gasteiger partial charge is 0.252 e. The lowest BCUT2D eigenvalue weighted by Crippen LogP contribution is -2.25. The van der Waals surface area contributed by atoms with Gasteiger partial charge < -0.3 is 11.1 Å². The van der Waals surface area contributed by atoms with E-state index in [0.717, 1.165) is 10.2 Å². The fourth-order valence-corrected chi connectivity index (χ4v) is 3.30. The molecule has 0 spiro atoms. The van der Waals surface area contributed by atoms with Crippen molar-refractivity contribution in [3.8, 4) is 0 Å². The molecule has 1 aromatic heterocycles. The average Bonchev–Trinajstić information content (AvgIpc) is 2.78. The van der Waals surface area contributed by atoms with E-state index in [1.54, 1.807) is 29.5 Å². The molecule has 0 unspecified atom stereocenters. The Labute approximate surface area is 128 Å². The third kappa shape index (κ3) is 3.72. The molecule has 0 radical (unpaired) electrons. The van der Waals surface area contributed by atoms with Gasteiger partial charge in [-0.25, -0.2) is 0 Å². The van der Waals surface area contributed by atoms with Crippen LogP contribution in [0.15, 0.2) is 34.1 Å². The lowest BCUT2D eigenvalue weighted by Gasteiger charge is -2.07. The number of rotatable bonds is 4. The molecule has 2 rings (SSSR count). The zero-order valence-corrected chi connectivity index (χ0v) is 13.1. The van der Waals surface area contributed by atoms with Crippen molar-refractivity contribution >= 4 is 50.5 Å². The van der Waals surface area contributed by atoms with Crippen LogP contribution in [0.25, 0.3) is 0 Å². The normalized spacial score (nSPS) is 10.4. The zero-order chi connectivity index (χ0) is 13.8. The Balaban J connectivity index is 1.93. The third-order valence-electron chi connectivity index (χ3n) is 2.56. The number of hydrogen-bond donors (Lipinski definition) is 2. The quantitative estimate of drug-likeness (QED) is 0.818. The van der Waals surface area contributed by atoms with Gasteiger partial charge in [0.15, 0.2) is 0 Å². The summed E-state index contributed by atoms with van der Waals surface area (Å²) in [5.41, 5.74) is 6.49. The van der Waals surface area contributed by atoms with E-state index in [9.17, 15) is 4.79 Å². The summed E-state index contributed by atoms with van der Waals surface area (Å²) < 4.78 is 1.09. The molecule has 1 amide bonds. The number of amides is 1. The van der Waals surface area contributed by atoms with Crippen LogP contribution < -0.4 is 11.1 Å². The Morgan fingerprint density at radius 1 is 1.37 bits per heavy atom. The van der Waals surface area contributed by atoms with Gasteiger partial charge in [0.2, 0.25) is 0 Å². The van der Waals surface area contributed by atoms with Crippen molar-refractivity contribution in [1.82, 2.24) is 5.32 Å². The molecule has 6 heteroatoms. The van der Waals surface area contributed by atoms with E-state index in [1.165, 1.54) is 4.88 Å². The monoisotopic (exact) mass is 358 g/mol. The van der Waals surface area contributed by atoms with Gasteiger partial charge in [-0.2, -0.15) is 0 Å². The van der Waals surface area contributed by atoms with Gasteiger partial charge in [-0.05, 0) is 46.6 Å². The van der Waals surface area contributed by atoms with E-state index < -0.39 is 0 Å². The Kier molecular flexibility index (Phi) is 4.85. The van der Waals surface area contributed by atoms with Crippen LogP contribution in [-0.2, 0) is 6.42 Å². The van der Waals surface area contributed by atoms with Gasteiger partial charge in [0.1, 0.15) is 0 Å². The second-order valence-electron chi connectivity index (χ2n) is 3.92. The van der Waals surface area contributed by atoms with Crippen molar-refractivity contribution in [2.75, 3.05) is 12.3 Å². The summed E-state index contributed by atoms with van der Waals surface area (Å²) in [6.07, 6.45) is 0.794. The van der Waals surface area contributed by atoms with Crippen LogP contribution in [0.2, 0.25) is 5.02 Å². The van der Waals surface area contributed by atoms with E-state index in [0.29, 0.717) is 22.8 Å². The number of hydrogen-bond acceptors (Lipinski definition) is 3. The third-order valence-corrected chi connectivity index (χ3v) is 4.66. The van der Waals surface area contributed by atoms with E-state index in [-0.39, 0.29) is 5.91 Å². The maximum Gasteiger partial charge on any atom is 0.252 e. The highest BCUT2D eigenvalue weighted by molar-refractivity contribution is 9.11. The van der Waals surface area contributed by atoms with Gasteiger partial charge in [0.25, 0.3) is 5.91 Å². The Morgan fingerprint density at radius 3 is 2.84 bits per heavy atom. The van der Waals surface area contributed by atoms with Gasteiger partial charge in [0.05, 0.1) is 20.1 Å². The first-order valence-corrected chi connectivity index (χ1v) is 7.63. The van der Waals surface area contributed by atoms with Crippen LogP contribution in [0.4, 0.5) is 5.69 Å². The topological polar surface area (TPSA) is 55.1 Å². The molecule has 0 aliphatic rings. The molecule has 3 N–H and O–H groups in total. The Bertz CT molecular complexity index is 600. The Morgan fingerprint density at radius 2 is 2.16 bits per heavy atom. The summed E-state index contributed by atoms with van der Waals surface area (Å²) in [5.74, 6) is -0.201. The average molecular weight is 360 g/mol. The van der Waals surface area contributed by atoms with Crippen LogP contribution >= 0.6 is 38.9 Å². The maximum atomic E-state index is 12.0. The molecule has 100 valence electrons. The van der Waals surface area contributed by atoms with Crippen molar-refractivity contribution < 1.29 is 4.79 Å². The SMILES string of the molecule is Nc1cccc(C(=O)NCCc2ccc(Br)s2)c1Cl. The number of halogens is 2. The predicted octanol–water partition coefficient (Wildman–Crippen LogP) is 3.72. The molecule has 0 bridgehead atoms. The molecule has 0 fully saturated rings. The largest absolute Gasteiger partial charge is 0.398 e. The Hall–Kier alpha value is -1.04. The molecule has 0 saturated carbocycles. The fourth-order valence-electron chi connectivity index (χ4n) is 1.61. The van der Waals surface area contributed by atoms with Crippen LogP contribution in [0.3, 0.4) is 0 Å². The number of thiophene rings is 1. The van der Waals surface area contributed by atoms with Crippen molar-refractivity contribution in [3.63, 3.8) is 0 Å². The number of nitrogen functional groups attached to an aromatic ring is 1. The highest BCUT2D eigenvalue weighted by Gasteiger charge is 2.11. The molecule has 0 aliphatic carbocycles. The van der Waals surface area contributed by atoms with Gasteiger partial charge in [-0.15, -0.1) is 11.3 Å². The molecule has 1 aromatic carbocycles. The second kappa shape index (κ2) is 6.41. The van der Waals surface area contributed by atoms with Crippen LogP contribution in [0.5, 0.6) is 0 Å². The number of anilines is 1. The zero-order valence-electron chi connectivity index (χ0n) is 9.95. The minimum absolute atomic E-state index is 0.201. The summed E-state index contributed by atoms with van der Waals surface area (Å²) in [4.78, 5) is 13.2. The lowest BCUT2D eigenvalue weighted by atomic mass is 10.2. The first-order valence-electron chi connectivity index (χ1n) is 5.64. The summed E-state index contributed by atoms with van der Waals surface area (Å²) in [5, 5.41) is 3.14. The summed E-state index contributed by atoms with van der Waals surface area (Å²) >= 11 is 11.1. The van der Waals surface area contributed by atoms with Crippen molar-refractivity contribution in [3.05, 3.63) is 49.6 Å². The lowest BCUT2D eigenvalue weighted by molar-refractivity contribution is 0.0954. The van der Waals surface area contributed by atoms with Crippen molar-refractivity contribution in [2.45, 2.75) is 6.42 Å². The van der Waals surface area contributed by atoms with E-state index in [2.05, 4.69) is 21.2 Å². The first-order chi connectivity index (χ1) is 9.08. The molecule has 0 atom stereocenters. The molecular formula is C13H12BrClN2OS.